The zero-order valence-electron chi connectivity index (χ0n) is 16.7. The molecule has 0 aliphatic rings. The average molecular weight is 343 g/mol. The minimum Gasteiger partial charge on any atom is -0.465 e. The zero-order chi connectivity index (χ0) is 18.8. The highest BCUT2D eigenvalue weighted by molar-refractivity contribution is 5.72. The number of ether oxygens (including phenoxy) is 2. The summed E-state index contributed by atoms with van der Waals surface area (Å²) >= 11 is 0. The van der Waals surface area contributed by atoms with Crippen LogP contribution in [0.5, 0.6) is 0 Å². The standard InChI is InChI=1S/C20H38O4/c1-8-9-10-11-12-13-16(17(21)23-14-19(2,3)4)18(22)24-15-20(5,6)7/h8-9,16-17,21H,10-15H2,1-7H3/b9-8-/t16-,17?/m1/s1. The Kier molecular flexibility index (Phi) is 10.5. The summed E-state index contributed by atoms with van der Waals surface area (Å²) in [6.07, 6.45) is 6.42. The predicted molar refractivity (Wildman–Crippen MR) is 98.6 cm³/mol. The van der Waals surface area contributed by atoms with E-state index in [1.165, 1.54) is 0 Å². The SMILES string of the molecule is C/C=C\CCCC[C@@H](C(=O)OCC(C)(C)C)C(O)OCC(C)(C)C. The molecule has 0 aliphatic heterocycles. The third-order valence-electron chi connectivity index (χ3n) is 3.35. The number of carbonyl (C=O) groups is 1. The molecule has 0 amide bonds. The van der Waals surface area contributed by atoms with Gasteiger partial charge in [-0.15, -0.1) is 0 Å². The summed E-state index contributed by atoms with van der Waals surface area (Å²) in [5.74, 6) is -0.988. The molecule has 0 fully saturated rings. The minimum atomic E-state index is -1.11. The number of unbranched alkanes of at least 4 members (excludes halogenated alkanes) is 2. The van der Waals surface area contributed by atoms with Gasteiger partial charge in [0, 0.05) is 0 Å². The van der Waals surface area contributed by atoms with Gasteiger partial charge in [-0.2, -0.15) is 0 Å². The fourth-order valence-electron chi connectivity index (χ4n) is 2.02. The molecular weight excluding hydrogens is 304 g/mol. The first-order valence-corrected chi connectivity index (χ1v) is 9.04. The van der Waals surface area contributed by atoms with Crippen molar-refractivity contribution in [2.75, 3.05) is 13.2 Å². The first-order valence-electron chi connectivity index (χ1n) is 9.04. The van der Waals surface area contributed by atoms with Crippen molar-refractivity contribution in [2.45, 2.75) is 80.4 Å². The van der Waals surface area contributed by atoms with Crippen molar-refractivity contribution >= 4 is 5.97 Å². The Morgan fingerprint density at radius 3 is 2.12 bits per heavy atom. The Balaban J connectivity index is 4.64. The van der Waals surface area contributed by atoms with E-state index >= 15 is 0 Å². The Labute approximate surface area is 148 Å². The number of carbonyl (C=O) groups excluding carboxylic acids is 1. The van der Waals surface area contributed by atoms with E-state index < -0.39 is 12.2 Å². The first kappa shape index (κ1) is 23.1. The second-order valence-electron chi connectivity index (χ2n) is 8.89. The molecule has 0 rings (SSSR count). The largest absolute Gasteiger partial charge is 0.465 e. The maximum Gasteiger partial charge on any atom is 0.314 e. The molecule has 0 aliphatic carbocycles. The number of allylic oxidation sites excluding steroid dienone is 2. The van der Waals surface area contributed by atoms with Crippen LogP contribution in [0.3, 0.4) is 0 Å². The molecule has 0 saturated carbocycles. The predicted octanol–water partition coefficient (Wildman–Crippen LogP) is 4.71. The van der Waals surface area contributed by atoms with Gasteiger partial charge in [0.1, 0.15) is 5.92 Å². The summed E-state index contributed by atoms with van der Waals surface area (Å²) in [4.78, 5) is 12.4. The molecule has 1 unspecified atom stereocenters. The van der Waals surface area contributed by atoms with Gasteiger partial charge in [-0.3, -0.25) is 4.79 Å². The third kappa shape index (κ3) is 12.5. The molecule has 0 saturated heterocycles. The van der Waals surface area contributed by atoms with Crippen molar-refractivity contribution in [2.24, 2.45) is 16.7 Å². The van der Waals surface area contributed by atoms with Gasteiger partial charge in [0.2, 0.25) is 0 Å². The highest BCUT2D eigenvalue weighted by atomic mass is 16.6. The van der Waals surface area contributed by atoms with Crippen molar-refractivity contribution in [3.05, 3.63) is 12.2 Å². The normalized spacial score (nSPS) is 15.5. The van der Waals surface area contributed by atoms with Crippen LogP contribution in [0.15, 0.2) is 12.2 Å². The van der Waals surface area contributed by atoms with Gasteiger partial charge in [-0.25, -0.2) is 0 Å². The lowest BCUT2D eigenvalue weighted by Gasteiger charge is -2.27. The summed E-state index contributed by atoms with van der Waals surface area (Å²) in [7, 11) is 0. The van der Waals surface area contributed by atoms with E-state index in [-0.39, 0.29) is 16.8 Å². The maximum absolute atomic E-state index is 12.4. The van der Waals surface area contributed by atoms with Crippen molar-refractivity contribution in [3.63, 3.8) is 0 Å². The molecule has 0 aromatic heterocycles. The summed E-state index contributed by atoms with van der Waals surface area (Å²) < 4.78 is 10.9. The first-order chi connectivity index (χ1) is 11.0. The fourth-order valence-corrected chi connectivity index (χ4v) is 2.02. The minimum absolute atomic E-state index is 0.0627. The lowest BCUT2D eigenvalue weighted by atomic mass is 9.97. The van der Waals surface area contributed by atoms with Gasteiger partial charge in [-0.1, -0.05) is 60.1 Å². The second kappa shape index (κ2) is 10.9. The molecule has 0 spiro atoms. The molecule has 142 valence electrons. The highest BCUT2D eigenvalue weighted by Gasteiger charge is 2.30. The van der Waals surface area contributed by atoms with Gasteiger partial charge in [0.25, 0.3) is 0 Å². The molecule has 0 radical (unpaired) electrons. The summed E-state index contributed by atoms with van der Waals surface area (Å²) in [6.45, 7) is 14.9. The monoisotopic (exact) mass is 342 g/mol. The van der Waals surface area contributed by atoms with Gasteiger partial charge in [-0.05, 0) is 37.0 Å². The van der Waals surface area contributed by atoms with E-state index in [0.717, 1.165) is 19.3 Å². The van der Waals surface area contributed by atoms with Crippen LogP contribution in [-0.4, -0.2) is 30.6 Å². The Morgan fingerprint density at radius 2 is 1.62 bits per heavy atom. The van der Waals surface area contributed by atoms with Crippen molar-refractivity contribution < 1.29 is 19.4 Å². The Hall–Kier alpha value is -0.870. The highest BCUT2D eigenvalue weighted by Crippen LogP contribution is 2.22. The average Bonchev–Trinajstić information content (AvgIpc) is 2.44. The van der Waals surface area contributed by atoms with E-state index in [4.69, 9.17) is 9.47 Å². The summed E-state index contributed by atoms with van der Waals surface area (Å²) in [5, 5.41) is 10.3. The molecule has 2 atom stereocenters. The van der Waals surface area contributed by atoms with Crippen LogP contribution in [0.1, 0.15) is 74.1 Å². The lowest BCUT2D eigenvalue weighted by molar-refractivity contribution is -0.184. The Bertz CT molecular complexity index is 374. The topological polar surface area (TPSA) is 55.8 Å². The van der Waals surface area contributed by atoms with Gasteiger partial charge < -0.3 is 14.6 Å². The molecule has 24 heavy (non-hydrogen) atoms. The lowest BCUT2D eigenvalue weighted by Crippen LogP contribution is -2.35. The van der Waals surface area contributed by atoms with E-state index in [2.05, 4.69) is 6.08 Å². The molecule has 4 heteroatoms. The van der Waals surface area contributed by atoms with Gasteiger partial charge in [0.15, 0.2) is 6.29 Å². The van der Waals surface area contributed by atoms with Gasteiger partial charge >= 0.3 is 5.97 Å². The molecule has 4 nitrogen and oxygen atoms in total. The van der Waals surface area contributed by atoms with Gasteiger partial charge in [0.05, 0.1) is 13.2 Å². The fraction of sp³-hybridized carbons (Fsp3) is 0.850. The summed E-state index contributed by atoms with van der Waals surface area (Å²) in [5.41, 5.74) is -0.157. The maximum atomic E-state index is 12.4. The number of aliphatic hydroxyl groups is 1. The number of aliphatic hydroxyl groups excluding tert-OH is 1. The quantitative estimate of drug-likeness (QED) is 0.270. The number of rotatable bonds is 10. The molecule has 0 bridgehead atoms. The number of esters is 1. The smallest absolute Gasteiger partial charge is 0.314 e. The van der Waals surface area contributed by atoms with Crippen LogP contribution in [0.2, 0.25) is 0 Å². The van der Waals surface area contributed by atoms with Crippen LogP contribution < -0.4 is 0 Å². The van der Waals surface area contributed by atoms with Crippen molar-refractivity contribution in [1.29, 1.82) is 0 Å². The molecule has 0 aromatic carbocycles. The van der Waals surface area contributed by atoms with Crippen LogP contribution >= 0.6 is 0 Å². The third-order valence-corrected chi connectivity index (χ3v) is 3.35. The van der Waals surface area contributed by atoms with Crippen LogP contribution in [0.4, 0.5) is 0 Å². The van der Waals surface area contributed by atoms with E-state index in [1.807, 2.05) is 54.5 Å². The molecule has 0 heterocycles. The number of hydrogen-bond acceptors (Lipinski definition) is 4. The molecule has 1 N–H and O–H groups in total. The second-order valence-corrected chi connectivity index (χ2v) is 8.89. The van der Waals surface area contributed by atoms with Crippen molar-refractivity contribution in [1.82, 2.24) is 0 Å². The van der Waals surface area contributed by atoms with Crippen LogP contribution in [0.25, 0.3) is 0 Å². The zero-order valence-corrected chi connectivity index (χ0v) is 16.7. The summed E-state index contributed by atoms with van der Waals surface area (Å²) in [6, 6.07) is 0. The van der Waals surface area contributed by atoms with Crippen molar-refractivity contribution in [3.8, 4) is 0 Å². The van der Waals surface area contributed by atoms with E-state index in [9.17, 15) is 9.90 Å². The van der Waals surface area contributed by atoms with Crippen LogP contribution in [0, 0.1) is 16.7 Å². The molecule has 0 aromatic rings. The van der Waals surface area contributed by atoms with E-state index in [0.29, 0.717) is 19.6 Å². The van der Waals surface area contributed by atoms with E-state index in [1.54, 1.807) is 0 Å². The molecular formula is C20H38O4. The number of hydrogen-bond donors (Lipinski definition) is 1. The Morgan fingerprint density at radius 1 is 1.04 bits per heavy atom. The van der Waals surface area contributed by atoms with Crippen LogP contribution in [-0.2, 0) is 14.3 Å².